The molecule has 0 unspecified atom stereocenters. The second-order valence-electron chi connectivity index (χ2n) is 5.70. The van der Waals surface area contributed by atoms with Gasteiger partial charge < -0.3 is 9.26 Å². The van der Waals surface area contributed by atoms with Crippen molar-refractivity contribution >= 4 is 22.9 Å². The van der Waals surface area contributed by atoms with E-state index in [1.54, 1.807) is 7.11 Å². The molecule has 3 rings (SSSR count). The van der Waals surface area contributed by atoms with Gasteiger partial charge in [0, 0.05) is 36.0 Å². The van der Waals surface area contributed by atoms with Gasteiger partial charge in [0.25, 0.3) is 0 Å². The number of rotatable bonds is 9. The molecule has 3 aromatic rings. The largest absolute Gasteiger partial charge is 0.496 e. The van der Waals surface area contributed by atoms with Gasteiger partial charge >= 0.3 is 0 Å². The number of nitrogens with zero attached hydrogens (tertiary/aromatic N) is 2. The van der Waals surface area contributed by atoms with E-state index in [2.05, 4.69) is 14.9 Å². The van der Waals surface area contributed by atoms with Crippen LogP contribution in [0.5, 0.6) is 5.75 Å². The van der Waals surface area contributed by atoms with Crippen LogP contribution in [0.25, 0.3) is 22.2 Å². The van der Waals surface area contributed by atoms with Crippen LogP contribution in [0.2, 0.25) is 0 Å². The quantitative estimate of drug-likeness (QED) is 0.445. The average Bonchev–Trinajstić information content (AvgIpc) is 3.12. The molecule has 0 aliphatic carbocycles. The molecular formula is C18H22N4O2S. The number of aryl methyl sites for hydroxylation is 1. The molecule has 0 aliphatic heterocycles. The first-order valence-corrected chi connectivity index (χ1v) is 9.18. The maximum atomic E-state index is 5.44. The molecule has 0 saturated carbocycles. The van der Waals surface area contributed by atoms with Crippen molar-refractivity contribution in [1.82, 2.24) is 14.9 Å². The SMILES string of the molecule is COc1ccc(-c2noc(CCCCCNSN)n2)c2ccccc12. The van der Waals surface area contributed by atoms with E-state index < -0.39 is 0 Å². The first kappa shape index (κ1) is 17.7. The molecule has 2 aromatic carbocycles. The fraction of sp³-hybridized carbons (Fsp3) is 0.333. The molecule has 0 amide bonds. The van der Waals surface area contributed by atoms with Crippen molar-refractivity contribution in [2.24, 2.45) is 5.14 Å². The lowest BCUT2D eigenvalue weighted by Gasteiger charge is -2.07. The Morgan fingerprint density at radius 3 is 2.76 bits per heavy atom. The summed E-state index contributed by atoms with van der Waals surface area (Å²) in [4.78, 5) is 4.56. The summed E-state index contributed by atoms with van der Waals surface area (Å²) in [5.74, 6) is 2.14. The minimum absolute atomic E-state index is 0.620. The minimum atomic E-state index is 0.620. The van der Waals surface area contributed by atoms with E-state index in [1.807, 2.05) is 36.4 Å². The number of nitrogens with one attached hydrogen (secondary N) is 1. The predicted octanol–water partition coefficient (Wildman–Crippen LogP) is 3.72. The molecule has 0 atom stereocenters. The molecule has 6 nitrogen and oxygen atoms in total. The summed E-state index contributed by atoms with van der Waals surface area (Å²) in [7, 11) is 1.68. The summed E-state index contributed by atoms with van der Waals surface area (Å²) in [5, 5.41) is 11.6. The smallest absolute Gasteiger partial charge is 0.226 e. The van der Waals surface area contributed by atoms with Crippen molar-refractivity contribution in [2.75, 3.05) is 13.7 Å². The van der Waals surface area contributed by atoms with Gasteiger partial charge in [0.2, 0.25) is 11.7 Å². The van der Waals surface area contributed by atoms with Gasteiger partial charge in [0.15, 0.2) is 0 Å². The number of fused-ring (bicyclic) bond motifs is 1. The third-order valence-electron chi connectivity index (χ3n) is 4.07. The van der Waals surface area contributed by atoms with Crippen molar-refractivity contribution in [3.63, 3.8) is 0 Å². The maximum absolute atomic E-state index is 5.44. The standard InChI is InChI=1S/C18H22N4O2S/c1-23-16-11-10-15(13-7-4-5-8-14(13)16)18-21-17(24-22-18)9-3-2-6-12-20-25-19/h4-5,7-8,10-11,20H,2-3,6,9,12,19H2,1H3. The Bertz CT molecular complexity index is 822. The number of hydrogen-bond acceptors (Lipinski definition) is 7. The molecule has 0 fully saturated rings. The van der Waals surface area contributed by atoms with E-state index in [4.69, 9.17) is 14.4 Å². The first-order chi connectivity index (χ1) is 12.3. The van der Waals surface area contributed by atoms with Gasteiger partial charge in [-0.3, -0.25) is 9.86 Å². The first-order valence-electron chi connectivity index (χ1n) is 8.30. The van der Waals surface area contributed by atoms with Crippen molar-refractivity contribution in [3.8, 4) is 17.1 Å². The Labute approximate surface area is 151 Å². The highest BCUT2D eigenvalue weighted by Crippen LogP contribution is 2.33. The molecule has 3 N–H and O–H groups in total. The van der Waals surface area contributed by atoms with Crippen LogP contribution in [0.4, 0.5) is 0 Å². The molecular weight excluding hydrogens is 336 g/mol. The van der Waals surface area contributed by atoms with Gasteiger partial charge in [-0.25, -0.2) is 0 Å². The lowest BCUT2D eigenvalue weighted by atomic mass is 10.0. The molecule has 1 aromatic heterocycles. The van der Waals surface area contributed by atoms with Crippen molar-refractivity contribution in [2.45, 2.75) is 25.7 Å². The van der Waals surface area contributed by atoms with Crippen LogP contribution in [0.15, 0.2) is 40.9 Å². The van der Waals surface area contributed by atoms with E-state index in [9.17, 15) is 0 Å². The summed E-state index contributed by atoms with van der Waals surface area (Å²) >= 11 is 1.16. The molecule has 25 heavy (non-hydrogen) atoms. The van der Waals surface area contributed by atoms with Crippen LogP contribution in [0, 0.1) is 0 Å². The lowest BCUT2D eigenvalue weighted by Crippen LogP contribution is -2.08. The number of unbranched alkanes of at least 4 members (excludes halogenated alkanes) is 2. The zero-order valence-electron chi connectivity index (χ0n) is 14.2. The summed E-state index contributed by atoms with van der Waals surface area (Å²) in [6.07, 6.45) is 3.98. The van der Waals surface area contributed by atoms with E-state index in [-0.39, 0.29) is 0 Å². The molecule has 7 heteroatoms. The highest BCUT2D eigenvalue weighted by atomic mass is 32.2. The van der Waals surface area contributed by atoms with Gasteiger partial charge in [0.1, 0.15) is 5.75 Å². The van der Waals surface area contributed by atoms with Crippen LogP contribution < -0.4 is 14.6 Å². The lowest BCUT2D eigenvalue weighted by molar-refractivity contribution is 0.374. The molecule has 0 bridgehead atoms. The Balaban J connectivity index is 1.71. The number of nitrogens with two attached hydrogens (primary N) is 1. The van der Waals surface area contributed by atoms with Crippen molar-refractivity contribution in [1.29, 1.82) is 0 Å². The fourth-order valence-electron chi connectivity index (χ4n) is 2.82. The average molecular weight is 358 g/mol. The third-order valence-corrected chi connectivity index (χ3v) is 4.44. The fourth-order valence-corrected chi connectivity index (χ4v) is 3.08. The summed E-state index contributed by atoms with van der Waals surface area (Å²) < 4.78 is 13.9. The van der Waals surface area contributed by atoms with Crippen LogP contribution in [-0.4, -0.2) is 23.8 Å². The van der Waals surface area contributed by atoms with E-state index in [1.165, 1.54) is 0 Å². The van der Waals surface area contributed by atoms with E-state index in [0.717, 1.165) is 66.4 Å². The molecule has 0 aliphatic rings. The molecule has 0 spiro atoms. The Kier molecular flexibility index (Phi) is 6.27. The maximum Gasteiger partial charge on any atom is 0.226 e. The number of methoxy groups -OCH3 is 1. The zero-order chi connectivity index (χ0) is 17.5. The molecule has 132 valence electrons. The number of aromatic nitrogens is 2. The van der Waals surface area contributed by atoms with Crippen LogP contribution >= 0.6 is 12.1 Å². The van der Waals surface area contributed by atoms with Gasteiger partial charge in [-0.1, -0.05) is 35.8 Å². The van der Waals surface area contributed by atoms with E-state index in [0.29, 0.717) is 11.7 Å². The Morgan fingerprint density at radius 1 is 1.12 bits per heavy atom. The predicted molar refractivity (Wildman–Crippen MR) is 101 cm³/mol. The summed E-state index contributed by atoms with van der Waals surface area (Å²) in [6, 6.07) is 12.0. The highest BCUT2D eigenvalue weighted by molar-refractivity contribution is 7.95. The number of hydrogen-bond donors (Lipinski definition) is 2. The van der Waals surface area contributed by atoms with Gasteiger partial charge in [-0.2, -0.15) is 4.98 Å². The Hall–Kier alpha value is -2.09. The van der Waals surface area contributed by atoms with Gasteiger partial charge in [-0.15, -0.1) is 0 Å². The topological polar surface area (TPSA) is 86.2 Å². The minimum Gasteiger partial charge on any atom is -0.496 e. The molecule has 0 radical (unpaired) electrons. The van der Waals surface area contributed by atoms with Crippen molar-refractivity contribution in [3.05, 3.63) is 42.3 Å². The second-order valence-corrected chi connectivity index (χ2v) is 6.22. The third kappa shape index (κ3) is 4.31. The summed E-state index contributed by atoms with van der Waals surface area (Å²) in [5.41, 5.74) is 0.954. The van der Waals surface area contributed by atoms with Gasteiger partial charge in [-0.05, 0) is 30.4 Å². The molecule has 1 heterocycles. The molecule has 0 saturated heterocycles. The van der Waals surface area contributed by atoms with Gasteiger partial charge in [0.05, 0.1) is 7.11 Å². The highest BCUT2D eigenvalue weighted by Gasteiger charge is 2.13. The zero-order valence-corrected chi connectivity index (χ0v) is 15.0. The second kappa shape index (κ2) is 8.84. The normalized spacial score (nSPS) is 11.1. The van der Waals surface area contributed by atoms with Crippen LogP contribution in [-0.2, 0) is 6.42 Å². The monoisotopic (exact) mass is 358 g/mol. The number of benzene rings is 2. The van der Waals surface area contributed by atoms with Crippen LogP contribution in [0.1, 0.15) is 25.2 Å². The number of ether oxygens (including phenoxy) is 1. The van der Waals surface area contributed by atoms with E-state index >= 15 is 0 Å². The van der Waals surface area contributed by atoms with Crippen LogP contribution in [0.3, 0.4) is 0 Å². The Morgan fingerprint density at radius 2 is 1.96 bits per heavy atom. The van der Waals surface area contributed by atoms with Crippen molar-refractivity contribution < 1.29 is 9.26 Å². The summed E-state index contributed by atoms with van der Waals surface area (Å²) in [6.45, 7) is 0.911.